The highest BCUT2D eigenvalue weighted by atomic mass is 16.5. The van der Waals surface area contributed by atoms with E-state index in [0.29, 0.717) is 29.3 Å². The summed E-state index contributed by atoms with van der Waals surface area (Å²) in [6.45, 7) is 5.48. The Bertz CT molecular complexity index is 590. The van der Waals surface area contributed by atoms with Crippen LogP contribution in [0.3, 0.4) is 0 Å². The number of fused-ring (bicyclic) bond motifs is 1. The molecule has 2 heterocycles. The molecule has 2 aromatic rings. The van der Waals surface area contributed by atoms with Crippen LogP contribution in [0, 0.1) is 13.8 Å². The number of hydrogen-bond donors (Lipinski definition) is 1. The fourth-order valence-corrected chi connectivity index (χ4v) is 1.63. The third-order valence-electron chi connectivity index (χ3n) is 2.34. The number of esters is 1. The molecule has 2 rings (SSSR count). The maximum Gasteiger partial charge on any atom is 0.359 e. The number of ether oxygens (including phenoxy) is 1. The Hall–Kier alpha value is -2.18. The van der Waals surface area contributed by atoms with E-state index in [9.17, 15) is 4.79 Å². The average molecular weight is 235 g/mol. The Morgan fingerprint density at radius 1 is 1.41 bits per heavy atom. The van der Waals surface area contributed by atoms with Crippen molar-refractivity contribution in [2.75, 3.05) is 12.3 Å². The van der Waals surface area contributed by atoms with Crippen molar-refractivity contribution in [3.63, 3.8) is 0 Å². The van der Waals surface area contributed by atoms with Crippen LogP contribution in [0.25, 0.3) is 5.52 Å². The van der Waals surface area contributed by atoms with Gasteiger partial charge >= 0.3 is 5.97 Å². The van der Waals surface area contributed by atoms with E-state index in [2.05, 4.69) is 15.2 Å². The van der Waals surface area contributed by atoms with E-state index < -0.39 is 5.97 Å². The Balaban J connectivity index is 2.64. The van der Waals surface area contributed by atoms with Gasteiger partial charge in [-0.15, -0.1) is 14.8 Å². The molecule has 0 aliphatic rings. The minimum atomic E-state index is -0.479. The van der Waals surface area contributed by atoms with Crippen LogP contribution in [0.1, 0.15) is 28.8 Å². The van der Waals surface area contributed by atoms with Crippen molar-refractivity contribution in [2.45, 2.75) is 20.8 Å². The van der Waals surface area contributed by atoms with Gasteiger partial charge in [-0.2, -0.15) is 0 Å². The molecule has 0 fully saturated rings. The number of aromatic nitrogens is 4. The minimum Gasteiger partial charge on any atom is -0.461 e. The highest BCUT2D eigenvalue weighted by molar-refractivity contribution is 5.92. The average Bonchev–Trinajstić information content (AvgIpc) is 2.56. The lowest BCUT2D eigenvalue weighted by Gasteiger charge is -1.98. The predicted octanol–water partition coefficient (Wildman–Crippen LogP) is 0.500. The quantitative estimate of drug-likeness (QED) is 0.761. The third kappa shape index (κ3) is 1.79. The first-order chi connectivity index (χ1) is 8.04. The van der Waals surface area contributed by atoms with Crippen molar-refractivity contribution in [3.05, 3.63) is 17.1 Å². The molecule has 0 aliphatic heterocycles. The lowest BCUT2D eigenvalue weighted by atomic mass is 10.2. The van der Waals surface area contributed by atoms with E-state index in [-0.39, 0.29) is 5.69 Å². The fraction of sp³-hybridized carbons (Fsp3) is 0.400. The monoisotopic (exact) mass is 235 g/mol. The molecule has 0 bridgehead atoms. The molecule has 7 nitrogen and oxygen atoms in total. The van der Waals surface area contributed by atoms with Crippen LogP contribution in [0.2, 0.25) is 0 Å². The molecule has 0 amide bonds. The zero-order valence-corrected chi connectivity index (χ0v) is 9.89. The summed E-state index contributed by atoms with van der Waals surface area (Å²) >= 11 is 0. The number of aryl methyl sites for hydroxylation is 2. The number of rotatable bonds is 2. The van der Waals surface area contributed by atoms with Gasteiger partial charge in [-0.1, -0.05) is 0 Å². The van der Waals surface area contributed by atoms with Gasteiger partial charge in [0.15, 0.2) is 11.5 Å². The summed E-state index contributed by atoms with van der Waals surface area (Å²) in [6.07, 6.45) is 0. The van der Waals surface area contributed by atoms with Crippen LogP contribution in [0.15, 0.2) is 0 Å². The lowest BCUT2D eigenvalue weighted by Crippen LogP contribution is -2.07. The summed E-state index contributed by atoms with van der Waals surface area (Å²) in [5.41, 5.74) is 7.17. The Morgan fingerprint density at radius 2 is 2.12 bits per heavy atom. The summed E-state index contributed by atoms with van der Waals surface area (Å²) in [7, 11) is 0. The zero-order valence-electron chi connectivity index (χ0n) is 9.89. The maximum absolute atomic E-state index is 11.6. The number of nitrogens with zero attached hydrogens (tertiary/aromatic N) is 4. The highest BCUT2D eigenvalue weighted by Gasteiger charge is 2.20. The predicted molar refractivity (Wildman–Crippen MR) is 60.6 cm³/mol. The zero-order chi connectivity index (χ0) is 12.6. The summed E-state index contributed by atoms with van der Waals surface area (Å²) < 4.78 is 6.22. The largest absolute Gasteiger partial charge is 0.461 e. The van der Waals surface area contributed by atoms with E-state index in [0.717, 1.165) is 0 Å². The number of anilines is 1. The van der Waals surface area contributed by atoms with Crippen LogP contribution < -0.4 is 5.73 Å². The molecule has 0 aliphatic carbocycles. The first-order valence-electron chi connectivity index (χ1n) is 5.21. The first kappa shape index (κ1) is 11.3. The van der Waals surface area contributed by atoms with Crippen LogP contribution in [-0.2, 0) is 4.74 Å². The van der Waals surface area contributed by atoms with Crippen molar-refractivity contribution in [2.24, 2.45) is 0 Å². The fourth-order valence-electron chi connectivity index (χ4n) is 1.63. The van der Waals surface area contributed by atoms with Gasteiger partial charge in [0.25, 0.3) is 0 Å². The minimum absolute atomic E-state index is 0.221. The topological polar surface area (TPSA) is 95.4 Å². The molecule has 0 saturated carbocycles. The second-order valence-corrected chi connectivity index (χ2v) is 3.58. The molecule has 0 atom stereocenters. The van der Waals surface area contributed by atoms with Crippen LogP contribution >= 0.6 is 0 Å². The molecule has 0 radical (unpaired) electrons. The molecule has 2 N–H and O–H groups in total. The number of carbonyl (C=O) groups excluding carboxylic acids is 1. The van der Waals surface area contributed by atoms with E-state index in [1.54, 1.807) is 20.8 Å². The molecule has 2 aromatic heterocycles. The van der Waals surface area contributed by atoms with Gasteiger partial charge in [0.2, 0.25) is 0 Å². The number of hydrogen-bond acceptors (Lipinski definition) is 6. The normalized spacial score (nSPS) is 10.8. The number of carbonyl (C=O) groups is 1. The van der Waals surface area contributed by atoms with Crippen LogP contribution in [0.4, 0.5) is 5.82 Å². The van der Waals surface area contributed by atoms with Crippen molar-refractivity contribution in [1.29, 1.82) is 0 Å². The van der Waals surface area contributed by atoms with E-state index in [4.69, 9.17) is 10.5 Å². The van der Waals surface area contributed by atoms with Gasteiger partial charge in [-0.3, -0.25) is 0 Å². The molecular formula is C10H13N5O2. The smallest absolute Gasteiger partial charge is 0.359 e. The van der Waals surface area contributed by atoms with E-state index in [1.807, 2.05) is 0 Å². The summed E-state index contributed by atoms with van der Waals surface area (Å²) in [5.74, 6) is 0.318. The van der Waals surface area contributed by atoms with Gasteiger partial charge in [0, 0.05) is 5.56 Å². The second-order valence-electron chi connectivity index (χ2n) is 3.58. The first-order valence-corrected chi connectivity index (χ1v) is 5.21. The number of nitrogen functional groups attached to an aromatic ring is 1. The van der Waals surface area contributed by atoms with Gasteiger partial charge in [-0.25, -0.2) is 9.78 Å². The molecule has 0 unspecified atom stereocenters. The van der Waals surface area contributed by atoms with E-state index >= 15 is 0 Å². The Labute approximate surface area is 97.6 Å². The van der Waals surface area contributed by atoms with Crippen molar-refractivity contribution in [1.82, 2.24) is 19.8 Å². The molecule has 0 aromatic carbocycles. The molecular weight excluding hydrogens is 222 g/mol. The van der Waals surface area contributed by atoms with Crippen molar-refractivity contribution in [3.8, 4) is 0 Å². The maximum atomic E-state index is 11.6. The van der Waals surface area contributed by atoms with Gasteiger partial charge in [-0.05, 0) is 20.8 Å². The van der Waals surface area contributed by atoms with Gasteiger partial charge in [0.1, 0.15) is 11.3 Å². The van der Waals surface area contributed by atoms with E-state index in [1.165, 1.54) is 4.63 Å². The summed E-state index contributed by atoms with van der Waals surface area (Å²) in [6, 6.07) is 0. The lowest BCUT2D eigenvalue weighted by molar-refractivity contribution is 0.0518. The molecule has 0 spiro atoms. The second kappa shape index (κ2) is 4.00. The van der Waals surface area contributed by atoms with Gasteiger partial charge in [0.05, 0.1) is 6.61 Å². The molecule has 0 saturated heterocycles. The van der Waals surface area contributed by atoms with Crippen molar-refractivity contribution < 1.29 is 9.53 Å². The standard InChI is InChI=1S/C10H13N5O2/c1-4-17-10(16)7-5(2)8-9(11)12-6(3)13-15(8)14-7/h4H2,1-3H3,(H2,11,12,13). The van der Waals surface area contributed by atoms with Crippen LogP contribution in [0.5, 0.6) is 0 Å². The van der Waals surface area contributed by atoms with Crippen molar-refractivity contribution >= 4 is 17.3 Å². The molecule has 7 heteroatoms. The summed E-state index contributed by atoms with van der Waals surface area (Å²) in [4.78, 5) is 15.7. The SMILES string of the molecule is CCOC(=O)c1nn2nc(C)nc(N)c2c1C. The van der Waals surface area contributed by atoms with Crippen LogP contribution in [-0.4, -0.2) is 32.4 Å². The Kier molecular flexibility index (Phi) is 2.66. The highest BCUT2D eigenvalue weighted by Crippen LogP contribution is 2.19. The molecule has 17 heavy (non-hydrogen) atoms. The Morgan fingerprint density at radius 3 is 2.76 bits per heavy atom. The summed E-state index contributed by atoms with van der Waals surface area (Å²) in [5, 5.41) is 8.13. The van der Waals surface area contributed by atoms with Gasteiger partial charge < -0.3 is 10.5 Å². The third-order valence-corrected chi connectivity index (χ3v) is 2.34. The number of nitrogens with two attached hydrogens (primary N) is 1. The molecule has 90 valence electrons.